The fourth-order valence-electron chi connectivity index (χ4n) is 13.7. The molecule has 3 N–H and O–H groups in total. The first kappa shape index (κ1) is 105. The van der Waals surface area contributed by atoms with Crippen molar-refractivity contribution in [3.8, 4) is 0 Å². The number of unbranched alkanes of at least 4 members (excludes halogenated alkanes) is 56. The Balaban J connectivity index is 5.23. The van der Waals surface area contributed by atoms with Crippen molar-refractivity contribution in [1.29, 1.82) is 0 Å². The van der Waals surface area contributed by atoms with E-state index in [1.54, 1.807) is 0 Å². The molecule has 0 aliphatic heterocycles. The molecule has 17 nitrogen and oxygen atoms in total. The molecule has 0 fully saturated rings. The van der Waals surface area contributed by atoms with E-state index in [2.05, 4.69) is 41.5 Å². The summed E-state index contributed by atoms with van der Waals surface area (Å²) >= 11 is 0. The van der Waals surface area contributed by atoms with Crippen molar-refractivity contribution < 1.29 is 80.2 Å². The van der Waals surface area contributed by atoms with Gasteiger partial charge in [0.15, 0.2) is 12.2 Å². The number of esters is 4. The Bertz CT molecular complexity index is 2050. The number of ether oxygens (including phenoxy) is 4. The minimum Gasteiger partial charge on any atom is -0.462 e. The van der Waals surface area contributed by atoms with Crippen molar-refractivity contribution in [2.24, 2.45) is 11.8 Å². The van der Waals surface area contributed by atoms with Crippen molar-refractivity contribution >= 4 is 39.5 Å². The van der Waals surface area contributed by atoms with E-state index in [9.17, 15) is 43.2 Å². The van der Waals surface area contributed by atoms with Gasteiger partial charge < -0.3 is 33.8 Å². The van der Waals surface area contributed by atoms with E-state index in [4.69, 9.17) is 37.0 Å². The summed E-state index contributed by atoms with van der Waals surface area (Å²) in [5.41, 5.74) is 0. The number of rotatable bonds is 87. The van der Waals surface area contributed by atoms with E-state index in [1.807, 2.05) is 0 Å². The molecule has 0 aliphatic rings. The molecular weight excluding hydrogens is 1390 g/mol. The van der Waals surface area contributed by atoms with Gasteiger partial charge in [-0.1, -0.05) is 420 Å². The Hall–Kier alpha value is -1.94. The quantitative estimate of drug-likeness (QED) is 0.0222. The number of phosphoric acid groups is 2. The Morgan fingerprint density at radius 3 is 0.710 bits per heavy atom. The van der Waals surface area contributed by atoms with Crippen molar-refractivity contribution in [3.63, 3.8) is 0 Å². The molecule has 107 heavy (non-hydrogen) atoms. The Morgan fingerprint density at radius 1 is 0.271 bits per heavy atom. The topological polar surface area (TPSA) is 237 Å². The molecule has 0 bridgehead atoms. The average Bonchev–Trinajstić information content (AvgIpc) is 0.914. The van der Waals surface area contributed by atoms with Gasteiger partial charge in [-0.2, -0.15) is 0 Å². The van der Waals surface area contributed by atoms with Crippen molar-refractivity contribution in [2.75, 3.05) is 39.6 Å². The van der Waals surface area contributed by atoms with Crippen LogP contribution < -0.4 is 0 Å². The van der Waals surface area contributed by atoms with Gasteiger partial charge in [0.1, 0.15) is 19.3 Å². The summed E-state index contributed by atoms with van der Waals surface area (Å²) in [4.78, 5) is 73.3. The first-order chi connectivity index (χ1) is 51.9. The Labute approximate surface area is 658 Å². The molecule has 0 aromatic heterocycles. The van der Waals surface area contributed by atoms with Crippen molar-refractivity contribution in [1.82, 2.24) is 0 Å². The lowest BCUT2D eigenvalue weighted by atomic mass is 10.00. The monoisotopic (exact) mass is 1560 g/mol. The van der Waals surface area contributed by atoms with Gasteiger partial charge in [0.05, 0.1) is 26.4 Å². The van der Waals surface area contributed by atoms with Crippen LogP contribution in [-0.4, -0.2) is 96.7 Å². The maximum Gasteiger partial charge on any atom is 0.472 e. The van der Waals surface area contributed by atoms with Gasteiger partial charge >= 0.3 is 39.5 Å². The zero-order valence-corrected chi connectivity index (χ0v) is 72.2. The van der Waals surface area contributed by atoms with Gasteiger partial charge in [-0.25, -0.2) is 9.13 Å². The van der Waals surface area contributed by atoms with E-state index < -0.39 is 97.5 Å². The van der Waals surface area contributed by atoms with E-state index in [-0.39, 0.29) is 25.7 Å². The summed E-state index contributed by atoms with van der Waals surface area (Å²) in [6, 6.07) is 0. The van der Waals surface area contributed by atoms with Crippen LogP contribution in [0.15, 0.2) is 0 Å². The lowest BCUT2D eigenvalue weighted by Crippen LogP contribution is -2.30. The number of aliphatic hydroxyl groups is 1. The molecule has 0 spiro atoms. The third-order valence-corrected chi connectivity index (χ3v) is 23.0. The summed E-state index contributed by atoms with van der Waals surface area (Å²) in [7, 11) is -9.93. The van der Waals surface area contributed by atoms with E-state index >= 15 is 0 Å². The number of hydrogen-bond donors (Lipinski definition) is 3. The summed E-state index contributed by atoms with van der Waals surface area (Å²) in [5, 5.41) is 10.7. The molecule has 636 valence electrons. The van der Waals surface area contributed by atoms with Gasteiger partial charge in [-0.3, -0.25) is 37.3 Å². The Kier molecular flexibility index (Phi) is 77.9. The molecule has 0 aromatic carbocycles. The maximum absolute atomic E-state index is 13.2. The van der Waals surface area contributed by atoms with Gasteiger partial charge in [0.25, 0.3) is 0 Å². The smallest absolute Gasteiger partial charge is 0.462 e. The van der Waals surface area contributed by atoms with Crippen LogP contribution in [0.3, 0.4) is 0 Å². The zero-order valence-electron chi connectivity index (χ0n) is 70.5. The van der Waals surface area contributed by atoms with Crippen LogP contribution >= 0.6 is 15.6 Å². The predicted octanol–water partition coefficient (Wildman–Crippen LogP) is 27.0. The second-order valence-corrected chi connectivity index (χ2v) is 35.3. The zero-order chi connectivity index (χ0) is 78.5. The third kappa shape index (κ3) is 80.5. The first-order valence-corrected chi connectivity index (χ1v) is 48.5. The number of carbonyl (C=O) groups is 4. The molecule has 0 heterocycles. The fourth-order valence-corrected chi connectivity index (χ4v) is 15.3. The standard InChI is InChI=1S/C88H172O17P2/c1-7-10-12-14-16-18-20-22-24-26-28-29-31-33-35-40-44-48-52-60-66-72-87(92)104-83(76-98-85(90)70-64-58-51-47-43-39-34-32-30-27-25-23-21-19-17-15-13-11-8-2)78-102-106(94,95)100-74-82(89)75-101-107(96,97)103-79-84(77-99-86(91)71-65-59-55-54-57-63-69-81(6)9-3)105-88(93)73-67-61-53-49-45-41-37-36-38-42-46-50-56-62-68-80(4)5/h80-84,89H,7-79H2,1-6H3,(H,94,95)(H,96,97)/t81?,82-,83-,84-/m1/s1. The minimum absolute atomic E-state index is 0.107. The SMILES string of the molecule is CCCCCCCCCCCCCCCCCCCCCCCC(=O)O[C@H](COC(=O)CCCCCCCCCCCCCCCCCCCCC)COP(=O)(O)OC[C@@H](O)COP(=O)(O)OC[C@@H](COC(=O)CCCCCCCCC(C)CC)OC(=O)CCCCCCCCCCCCCCCCC(C)C. The van der Waals surface area contributed by atoms with Crippen LogP contribution in [0, 0.1) is 11.8 Å². The second-order valence-electron chi connectivity index (χ2n) is 32.4. The van der Waals surface area contributed by atoms with Crippen LogP contribution in [0.2, 0.25) is 0 Å². The fraction of sp³-hybridized carbons (Fsp3) is 0.955. The van der Waals surface area contributed by atoms with Crippen LogP contribution in [0.1, 0.15) is 472 Å². The molecule has 0 aromatic rings. The second kappa shape index (κ2) is 79.3. The predicted molar refractivity (Wildman–Crippen MR) is 442 cm³/mol. The van der Waals surface area contributed by atoms with Crippen LogP contribution in [-0.2, 0) is 65.4 Å². The van der Waals surface area contributed by atoms with Crippen LogP contribution in [0.5, 0.6) is 0 Å². The average molecular weight is 1560 g/mol. The van der Waals surface area contributed by atoms with E-state index in [1.165, 1.54) is 283 Å². The number of hydrogen-bond acceptors (Lipinski definition) is 15. The number of aliphatic hydroxyl groups excluding tert-OH is 1. The number of phosphoric ester groups is 2. The normalized spacial score (nSPS) is 14.0. The largest absolute Gasteiger partial charge is 0.472 e. The molecule has 19 heteroatoms. The lowest BCUT2D eigenvalue weighted by molar-refractivity contribution is -0.161. The van der Waals surface area contributed by atoms with Gasteiger partial charge in [0, 0.05) is 25.7 Å². The number of carbonyl (C=O) groups excluding carboxylic acids is 4. The lowest BCUT2D eigenvalue weighted by Gasteiger charge is -2.21. The highest BCUT2D eigenvalue weighted by molar-refractivity contribution is 7.47. The molecule has 0 radical (unpaired) electrons. The summed E-state index contributed by atoms with van der Waals surface area (Å²) in [5.74, 6) is -0.576. The maximum atomic E-state index is 13.2. The molecule has 6 atom stereocenters. The Morgan fingerprint density at radius 2 is 0.477 bits per heavy atom. The summed E-state index contributed by atoms with van der Waals surface area (Å²) < 4.78 is 69.0. The summed E-state index contributed by atoms with van der Waals surface area (Å²) in [6.45, 7) is 9.66. The minimum atomic E-state index is -4.97. The molecule has 0 aliphatic carbocycles. The molecular formula is C88H172O17P2. The van der Waals surface area contributed by atoms with Crippen molar-refractivity contribution in [2.45, 2.75) is 490 Å². The highest BCUT2D eigenvalue weighted by Crippen LogP contribution is 2.45. The van der Waals surface area contributed by atoms with Gasteiger partial charge in [-0.05, 0) is 37.5 Å². The molecule has 0 rings (SSSR count). The van der Waals surface area contributed by atoms with E-state index in [0.29, 0.717) is 25.7 Å². The molecule has 3 unspecified atom stereocenters. The molecule has 0 amide bonds. The molecule has 0 saturated heterocycles. The summed E-state index contributed by atoms with van der Waals surface area (Å²) in [6.07, 6.45) is 72.4. The highest BCUT2D eigenvalue weighted by Gasteiger charge is 2.31. The van der Waals surface area contributed by atoms with Crippen molar-refractivity contribution in [3.05, 3.63) is 0 Å². The molecule has 0 saturated carbocycles. The van der Waals surface area contributed by atoms with Gasteiger partial charge in [-0.15, -0.1) is 0 Å². The van der Waals surface area contributed by atoms with Crippen LogP contribution in [0.4, 0.5) is 0 Å². The highest BCUT2D eigenvalue weighted by atomic mass is 31.2. The third-order valence-electron chi connectivity index (χ3n) is 21.1. The van der Waals surface area contributed by atoms with E-state index in [0.717, 1.165) is 108 Å². The van der Waals surface area contributed by atoms with Crippen LogP contribution in [0.25, 0.3) is 0 Å². The first-order valence-electron chi connectivity index (χ1n) is 45.5. The van der Waals surface area contributed by atoms with Gasteiger partial charge in [0.2, 0.25) is 0 Å².